The molecular weight excluding hydrogens is 261 g/mol. The van der Waals surface area contributed by atoms with Crippen LogP contribution in [-0.2, 0) is 0 Å². The number of nitrogens with zero attached hydrogens (tertiary/aromatic N) is 1. The quantitative estimate of drug-likeness (QED) is 0.844. The highest BCUT2D eigenvalue weighted by Gasteiger charge is 2.04. The van der Waals surface area contributed by atoms with E-state index in [2.05, 4.69) is 15.6 Å². The Balaban J connectivity index is 1.97. The molecule has 1 heterocycles. The molecule has 6 heteroatoms. The van der Waals surface area contributed by atoms with Crippen molar-refractivity contribution in [1.29, 1.82) is 0 Å². The van der Waals surface area contributed by atoms with E-state index >= 15 is 0 Å². The Hall–Kier alpha value is -2.76. The van der Waals surface area contributed by atoms with Crippen LogP contribution in [0.5, 0.6) is 0 Å². The summed E-state index contributed by atoms with van der Waals surface area (Å²) < 4.78 is 12.7. The van der Waals surface area contributed by atoms with E-state index in [1.165, 1.54) is 19.1 Å². The monoisotopic (exact) mass is 273 g/mol. The van der Waals surface area contributed by atoms with Gasteiger partial charge in [0.2, 0.25) is 0 Å². The molecule has 0 bridgehead atoms. The molecular formula is C14H12FN3O2. The smallest absolute Gasteiger partial charge is 0.308 e. The van der Waals surface area contributed by atoms with Crippen molar-refractivity contribution in [3.05, 3.63) is 54.0 Å². The van der Waals surface area contributed by atoms with Crippen LogP contribution in [0.3, 0.4) is 0 Å². The summed E-state index contributed by atoms with van der Waals surface area (Å²) in [6.45, 7) is 1.47. The molecule has 20 heavy (non-hydrogen) atoms. The lowest BCUT2D eigenvalue weighted by Gasteiger charge is -2.07. The first-order chi connectivity index (χ1) is 9.54. The maximum Gasteiger partial charge on any atom is 0.324 e. The van der Waals surface area contributed by atoms with E-state index in [9.17, 15) is 14.0 Å². The van der Waals surface area contributed by atoms with Crippen molar-refractivity contribution < 1.29 is 14.0 Å². The van der Waals surface area contributed by atoms with Crippen molar-refractivity contribution in [2.24, 2.45) is 0 Å². The molecule has 2 amide bonds. The van der Waals surface area contributed by atoms with E-state index in [-0.39, 0.29) is 11.6 Å². The van der Waals surface area contributed by atoms with E-state index in [1.54, 1.807) is 24.3 Å². The SMILES string of the molecule is CC(=O)c1ccc(NC(=O)Nc2ccc(F)cn2)cc1. The van der Waals surface area contributed by atoms with Gasteiger partial charge in [-0.3, -0.25) is 10.1 Å². The Morgan fingerprint density at radius 1 is 1.05 bits per heavy atom. The van der Waals surface area contributed by atoms with Crippen molar-refractivity contribution in [2.75, 3.05) is 10.6 Å². The lowest BCUT2D eigenvalue weighted by Crippen LogP contribution is -2.20. The molecule has 0 saturated heterocycles. The fourth-order valence-electron chi connectivity index (χ4n) is 1.52. The van der Waals surface area contributed by atoms with Gasteiger partial charge in [0.25, 0.3) is 0 Å². The van der Waals surface area contributed by atoms with Crippen LogP contribution >= 0.6 is 0 Å². The average Bonchev–Trinajstić information content (AvgIpc) is 2.42. The number of hydrogen-bond donors (Lipinski definition) is 2. The number of rotatable bonds is 3. The van der Waals surface area contributed by atoms with Gasteiger partial charge in [-0.15, -0.1) is 0 Å². The van der Waals surface area contributed by atoms with Crippen molar-refractivity contribution in [3.63, 3.8) is 0 Å². The molecule has 2 aromatic rings. The van der Waals surface area contributed by atoms with E-state index in [1.807, 2.05) is 0 Å². The number of hydrogen-bond acceptors (Lipinski definition) is 3. The third-order valence-corrected chi connectivity index (χ3v) is 2.52. The normalized spacial score (nSPS) is 9.90. The second kappa shape index (κ2) is 5.92. The molecule has 0 saturated carbocycles. The van der Waals surface area contributed by atoms with Gasteiger partial charge >= 0.3 is 6.03 Å². The average molecular weight is 273 g/mol. The first-order valence-electron chi connectivity index (χ1n) is 5.85. The Bertz CT molecular complexity index is 624. The van der Waals surface area contributed by atoms with Crippen LogP contribution in [0, 0.1) is 5.82 Å². The number of benzene rings is 1. The van der Waals surface area contributed by atoms with Crippen LogP contribution in [0.4, 0.5) is 20.7 Å². The number of amides is 2. The lowest BCUT2D eigenvalue weighted by atomic mass is 10.1. The topological polar surface area (TPSA) is 71.1 Å². The third-order valence-electron chi connectivity index (χ3n) is 2.52. The van der Waals surface area contributed by atoms with Gasteiger partial charge in [-0.2, -0.15) is 0 Å². The molecule has 0 spiro atoms. The molecule has 0 atom stereocenters. The molecule has 5 nitrogen and oxygen atoms in total. The highest BCUT2D eigenvalue weighted by atomic mass is 19.1. The summed E-state index contributed by atoms with van der Waals surface area (Å²) in [6.07, 6.45) is 1.01. The van der Waals surface area contributed by atoms with Gasteiger partial charge in [0.15, 0.2) is 5.78 Å². The minimum atomic E-state index is -0.500. The van der Waals surface area contributed by atoms with Crippen LogP contribution in [0.25, 0.3) is 0 Å². The Morgan fingerprint density at radius 2 is 1.75 bits per heavy atom. The molecule has 2 N–H and O–H groups in total. The number of anilines is 2. The van der Waals surface area contributed by atoms with Gasteiger partial charge in [-0.05, 0) is 43.3 Å². The van der Waals surface area contributed by atoms with Crippen molar-refractivity contribution in [2.45, 2.75) is 6.92 Å². The minimum Gasteiger partial charge on any atom is -0.308 e. The number of nitrogens with one attached hydrogen (secondary N) is 2. The Kier molecular flexibility index (Phi) is 4.05. The van der Waals surface area contributed by atoms with Crippen molar-refractivity contribution >= 4 is 23.3 Å². The maximum absolute atomic E-state index is 12.7. The van der Waals surface area contributed by atoms with Crippen molar-refractivity contribution in [1.82, 2.24) is 4.98 Å². The molecule has 0 aliphatic carbocycles. The molecule has 1 aromatic heterocycles. The van der Waals surface area contributed by atoms with E-state index in [0.717, 1.165) is 6.20 Å². The fraction of sp³-hybridized carbons (Fsp3) is 0.0714. The van der Waals surface area contributed by atoms with Gasteiger partial charge in [0.05, 0.1) is 6.20 Å². The van der Waals surface area contributed by atoms with E-state index in [0.29, 0.717) is 11.3 Å². The minimum absolute atomic E-state index is 0.0449. The van der Waals surface area contributed by atoms with E-state index in [4.69, 9.17) is 0 Å². The number of Topliss-reactive ketones (excluding diaryl/α,β-unsaturated/α-hetero) is 1. The van der Waals surface area contributed by atoms with Crippen molar-refractivity contribution in [3.8, 4) is 0 Å². The van der Waals surface area contributed by atoms with Crippen LogP contribution in [0.2, 0.25) is 0 Å². The number of pyridine rings is 1. The molecule has 0 aliphatic rings. The number of halogens is 1. The van der Waals surface area contributed by atoms with Gasteiger partial charge in [-0.25, -0.2) is 14.2 Å². The highest BCUT2D eigenvalue weighted by Crippen LogP contribution is 2.11. The highest BCUT2D eigenvalue weighted by molar-refractivity contribution is 6.00. The molecule has 0 fully saturated rings. The summed E-state index contributed by atoms with van der Waals surface area (Å²) in [4.78, 5) is 26.5. The second-order valence-electron chi connectivity index (χ2n) is 4.07. The molecule has 0 radical (unpaired) electrons. The number of ketones is 1. The standard InChI is InChI=1S/C14H12FN3O2/c1-9(19)10-2-5-12(6-3-10)17-14(20)18-13-7-4-11(15)8-16-13/h2-8H,1H3,(H2,16,17,18,20). The zero-order valence-corrected chi connectivity index (χ0v) is 10.7. The molecule has 0 unspecified atom stereocenters. The summed E-state index contributed by atoms with van der Waals surface area (Å²) in [5.74, 6) is -0.281. The fourth-order valence-corrected chi connectivity index (χ4v) is 1.52. The number of urea groups is 1. The lowest BCUT2D eigenvalue weighted by molar-refractivity contribution is 0.101. The van der Waals surface area contributed by atoms with Crippen LogP contribution in [0.1, 0.15) is 17.3 Å². The van der Waals surface area contributed by atoms with Gasteiger partial charge < -0.3 is 5.32 Å². The number of aromatic nitrogens is 1. The summed E-state index contributed by atoms with van der Waals surface area (Å²) in [7, 11) is 0. The van der Waals surface area contributed by atoms with Gasteiger partial charge in [-0.1, -0.05) is 0 Å². The summed E-state index contributed by atoms with van der Waals surface area (Å²) in [5, 5.41) is 5.04. The van der Waals surface area contributed by atoms with Crippen LogP contribution < -0.4 is 10.6 Å². The summed E-state index contributed by atoms with van der Waals surface area (Å²) >= 11 is 0. The van der Waals surface area contributed by atoms with Gasteiger partial charge in [0.1, 0.15) is 11.6 Å². The van der Waals surface area contributed by atoms with Gasteiger partial charge in [0, 0.05) is 11.3 Å². The van der Waals surface area contributed by atoms with E-state index < -0.39 is 11.8 Å². The second-order valence-corrected chi connectivity index (χ2v) is 4.07. The molecule has 0 aliphatic heterocycles. The molecule has 1 aromatic carbocycles. The zero-order valence-electron chi connectivity index (χ0n) is 10.7. The predicted octanol–water partition coefficient (Wildman–Crippen LogP) is 3.07. The molecule has 2 rings (SSSR count). The van der Waals surface area contributed by atoms with Crippen LogP contribution in [0.15, 0.2) is 42.6 Å². The largest absolute Gasteiger partial charge is 0.324 e. The van der Waals surface area contributed by atoms with Crippen LogP contribution in [-0.4, -0.2) is 16.8 Å². The first-order valence-corrected chi connectivity index (χ1v) is 5.85. The third kappa shape index (κ3) is 3.61. The number of carbonyl (C=O) groups excluding carboxylic acids is 2. The summed E-state index contributed by atoms with van der Waals surface area (Å²) in [6, 6.07) is 8.53. The maximum atomic E-state index is 12.7. The predicted molar refractivity (Wildman–Crippen MR) is 73.3 cm³/mol. The zero-order chi connectivity index (χ0) is 14.5. The molecule has 102 valence electrons. The first kappa shape index (κ1) is 13.7. The number of carbonyl (C=O) groups is 2. The Labute approximate surface area is 114 Å². The Morgan fingerprint density at radius 3 is 2.30 bits per heavy atom. The summed E-state index contributed by atoms with van der Waals surface area (Å²) in [5.41, 5.74) is 1.10.